The van der Waals surface area contributed by atoms with Crippen molar-refractivity contribution in [3.63, 3.8) is 0 Å². The third kappa shape index (κ3) is 4.87. The molecule has 0 saturated heterocycles. The summed E-state index contributed by atoms with van der Waals surface area (Å²) >= 11 is 0. The molecular weight excluding hydrogens is 320 g/mol. The third-order valence-electron chi connectivity index (χ3n) is 3.75. The fraction of sp³-hybridized carbons (Fsp3) is 0.300. The van der Waals surface area contributed by atoms with Gasteiger partial charge in [-0.15, -0.1) is 6.42 Å². The zero-order valence-corrected chi connectivity index (χ0v) is 15.1. The Balaban J connectivity index is 2.18. The minimum Gasteiger partial charge on any atom is -0.494 e. The lowest BCUT2D eigenvalue weighted by atomic mass is 9.94. The smallest absolute Gasteiger partial charge is 0.147 e. The van der Waals surface area contributed by atoms with Crippen LogP contribution in [-0.2, 0) is 9.84 Å². The molecule has 0 aliphatic heterocycles. The lowest BCUT2D eigenvalue weighted by molar-refractivity contribution is 0.317. The summed E-state index contributed by atoms with van der Waals surface area (Å²) < 4.78 is 28.0. The van der Waals surface area contributed by atoms with Gasteiger partial charge in [-0.05, 0) is 66.8 Å². The fourth-order valence-corrected chi connectivity index (χ4v) is 3.38. The molecule has 4 heteroatoms. The third-order valence-corrected chi connectivity index (χ3v) is 4.78. The van der Waals surface area contributed by atoms with E-state index >= 15 is 0 Å². The van der Waals surface area contributed by atoms with E-state index in [-0.39, 0.29) is 5.75 Å². The minimum atomic E-state index is -2.94. The van der Waals surface area contributed by atoms with Crippen molar-refractivity contribution >= 4 is 9.84 Å². The molecule has 126 valence electrons. The van der Waals surface area contributed by atoms with E-state index in [9.17, 15) is 8.42 Å². The first-order valence-electron chi connectivity index (χ1n) is 7.79. The van der Waals surface area contributed by atoms with Crippen LogP contribution in [0.1, 0.15) is 23.1 Å². The number of rotatable bonds is 6. The highest BCUT2D eigenvalue weighted by Gasteiger charge is 2.09. The summed E-state index contributed by atoms with van der Waals surface area (Å²) in [5, 5.41) is 0. The van der Waals surface area contributed by atoms with Crippen LogP contribution in [0.2, 0.25) is 0 Å². The van der Waals surface area contributed by atoms with Crippen LogP contribution in [0.5, 0.6) is 5.75 Å². The predicted molar refractivity (Wildman–Crippen MR) is 99.1 cm³/mol. The Morgan fingerprint density at radius 2 is 1.79 bits per heavy atom. The fourth-order valence-electron chi connectivity index (χ4n) is 2.74. The lowest BCUT2D eigenvalue weighted by Gasteiger charge is -2.14. The molecule has 0 heterocycles. The van der Waals surface area contributed by atoms with Gasteiger partial charge in [0.05, 0.1) is 12.4 Å². The molecule has 3 nitrogen and oxygen atoms in total. The first-order valence-corrected chi connectivity index (χ1v) is 9.85. The van der Waals surface area contributed by atoms with E-state index in [0.29, 0.717) is 13.0 Å². The second kappa shape index (κ2) is 7.55. The predicted octanol–water partition coefficient (Wildman–Crippen LogP) is 3.77. The standard InChI is InChI=1S/C20H22O3S/c1-5-17-8-6-9-18(14-17)20-15(2)12-19(13-16(20)3)23-10-7-11-24(4,21)22/h1,6,8-9,12-14H,7,10-11H2,2-4H3. The van der Waals surface area contributed by atoms with Gasteiger partial charge in [-0.3, -0.25) is 0 Å². The summed E-state index contributed by atoms with van der Waals surface area (Å²) in [6.07, 6.45) is 7.21. The van der Waals surface area contributed by atoms with Gasteiger partial charge in [0.15, 0.2) is 0 Å². The van der Waals surface area contributed by atoms with Crippen molar-refractivity contribution in [1.29, 1.82) is 0 Å². The van der Waals surface area contributed by atoms with E-state index < -0.39 is 9.84 Å². The second-order valence-electron chi connectivity index (χ2n) is 5.99. The summed E-state index contributed by atoms with van der Waals surface area (Å²) in [6.45, 7) is 4.46. The van der Waals surface area contributed by atoms with Gasteiger partial charge >= 0.3 is 0 Å². The van der Waals surface area contributed by atoms with Crippen LogP contribution in [0.3, 0.4) is 0 Å². The number of terminal acetylenes is 1. The highest BCUT2D eigenvalue weighted by Crippen LogP contribution is 2.31. The first-order chi connectivity index (χ1) is 11.3. The Morgan fingerprint density at radius 3 is 2.38 bits per heavy atom. The monoisotopic (exact) mass is 342 g/mol. The van der Waals surface area contributed by atoms with Crippen molar-refractivity contribution < 1.29 is 13.2 Å². The molecule has 24 heavy (non-hydrogen) atoms. The zero-order chi connectivity index (χ0) is 17.7. The maximum absolute atomic E-state index is 11.1. The highest BCUT2D eigenvalue weighted by molar-refractivity contribution is 7.90. The van der Waals surface area contributed by atoms with E-state index in [1.165, 1.54) is 6.26 Å². The van der Waals surface area contributed by atoms with Gasteiger partial charge in [-0.25, -0.2) is 8.42 Å². The molecule has 0 bridgehead atoms. The van der Waals surface area contributed by atoms with Crippen LogP contribution in [0, 0.1) is 26.2 Å². The van der Waals surface area contributed by atoms with E-state index in [2.05, 4.69) is 5.92 Å². The molecule has 2 aromatic rings. The van der Waals surface area contributed by atoms with E-state index in [4.69, 9.17) is 11.2 Å². The minimum absolute atomic E-state index is 0.141. The molecule has 0 aromatic heterocycles. The quantitative estimate of drug-likeness (QED) is 0.593. The van der Waals surface area contributed by atoms with Gasteiger partial charge in [-0.1, -0.05) is 18.1 Å². The van der Waals surface area contributed by atoms with Crippen LogP contribution >= 0.6 is 0 Å². The van der Waals surface area contributed by atoms with Gasteiger partial charge in [-0.2, -0.15) is 0 Å². The van der Waals surface area contributed by atoms with Gasteiger partial charge in [0.1, 0.15) is 15.6 Å². The van der Waals surface area contributed by atoms with Crippen molar-refractivity contribution in [2.45, 2.75) is 20.3 Å². The average Bonchev–Trinajstić information content (AvgIpc) is 2.50. The Kier molecular flexibility index (Phi) is 5.69. The SMILES string of the molecule is C#Cc1cccc(-c2c(C)cc(OCCCS(C)(=O)=O)cc2C)c1. The average molecular weight is 342 g/mol. The number of benzene rings is 2. The Hall–Kier alpha value is -2.25. The van der Waals surface area contributed by atoms with Crippen LogP contribution in [0.15, 0.2) is 36.4 Å². The van der Waals surface area contributed by atoms with E-state index in [1.54, 1.807) is 0 Å². The van der Waals surface area contributed by atoms with E-state index in [0.717, 1.165) is 33.6 Å². The molecule has 0 radical (unpaired) electrons. The van der Waals surface area contributed by atoms with Crippen molar-refractivity contribution in [3.05, 3.63) is 53.1 Å². The Morgan fingerprint density at radius 1 is 1.12 bits per heavy atom. The number of ether oxygens (including phenoxy) is 1. The normalized spacial score (nSPS) is 11.1. The molecule has 0 spiro atoms. The number of sulfone groups is 1. The molecular formula is C20H22O3S. The number of aryl methyl sites for hydroxylation is 2. The molecule has 0 aliphatic rings. The molecule has 0 N–H and O–H groups in total. The Bertz CT molecular complexity index is 851. The largest absolute Gasteiger partial charge is 0.494 e. The summed E-state index contributed by atoms with van der Waals surface area (Å²) in [4.78, 5) is 0. The van der Waals surface area contributed by atoms with Gasteiger partial charge in [0.2, 0.25) is 0 Å². The summed E-state index contributed by atoms with van der Waals surface area (Å²) in [6, 6.07) is 11.9. The van der Waals surface area contributed by atoms with E-state index in [1.807, 2.05) is 50.2 Å². The van der Waals surface area contributed by atoms with Crippen molar-refractivity contribution in [1.82, 2.24) is 0 Å². The maximum Gasteiger partial charge on any atom is 0.147 e. The summed E-state index contributed by atoms with van der Waals surface area (Å²) in [5.41, 5.74) is 5.29. The van der Waals surface area contributed by atoms with Crippen molar-refractivity contribution in [2.75, 3.05) is 18.6 Å². The van der Waals surface area contributed by atoms with Gasteiger partial charge in [0.25, 0.3) is 0 Å². The molecule has 2 aromatic carbocycles. The first kappa shape index (κ1) is 18.1. The molecule has 0 atom stereocenters. The molecule has 0 saturated carbocycles. The van der Waals surface area contributed by atoms with Gasteiger partial charge in [0, 0.05) is 11.8 Å². The number of hydrogen-bond acceptors (Lipinski definition) is 3. The van der Waals surface area contributed by atoms with Crippen molar-refractivity contribution in [2.24, 2.45) is 0 Å². The highest BCUT2D eigenvalue weighted by atomic mass is 32.2. The van der Waals surface area contributed by atoms with Crippen LogP contribution in [0.4, 0.5) is 0 Å². The topological polar surface area (TPSA) is 43.4 Å². The van der Waals surface area contributed by atoms with Crippen molar-refractivity contribution in [3.8, 4) is 29.2 Å². The zero-order valence-electron chi connectivity index (χ0n) is 14.3. The second-order valence-corrected chi connectivity index (χ2v) is 8.25. The van der Waals surface area contributed by atoms with Gasteiger partial charge < -0.3 is 4.74 Å². The number of hydrogen-bond donors (Lipinski definition) is 0. The van der Waals surface area contributed by atoms with Crippen LogP contribution in [-0.4, -0.2) is 27.0 Å². The molecule has 0 aliphatic carbocycles. The van der Waals surface area contributed by atoms with Crippen LogP contribution in [0.25, 0.3) is 11.1 Å². The van der Waals surface area contributed by atoms with Crippen LogP contribution < -0.4 is 4.74 Å². The molecule has 2 rings (SSSR count). The maximum atomic E-state index is 11.1. The Labute approximate surface area is 144 Å². The molecule has 0 amide bonds. The molecule has 0 unspecified atom stereocenters. The summed E-state index contributed by atoms with van der Waals surface area (Å²) in [5.74, 6) is 3.56. The molecule has 0 fully saturated rings. The lowest BCUT2D eigenvalue weighted by Crippen LogP contribution is -2.08. The summed E-state index contributed by atoms with van der Waals surface area (Å²) in [7, 11) is -2.94.